The van der Waals surface area contributed by atoms with Crippen LogP contribution in [0.4, 0.5) is 0 Å². The van der Waals surface area contributed by atoms with Crippen LogP contribution in [-0.2, 0) is 10.3 Å². The third-order valence-corrected chi connectivity index (χ3v) is 11.4. The molecule has 11 rings (SSSR count). The molecule has 0 spiro atoms. The van der Waals surface area contributed by atoms with Gasteiger partial charge in [0.1, 0.15) is 5.60 Å². The fraction of sp³-hybridized carbons (Fsp3) is 0.469. The Hall–Kier alpha value is -2.45. The minimum Gasteiger partial charge on any atom is -0.366 e. The van der Waals surface area contributed by atoms with Crippen LogP contribution in [-0.4, -0.2) is 11.9 Å². The molecule has 2 aromatic carbocycles. The standard InChI is InChI=1S/C32H30O2/c33-30(18-7-3-1-4-8-18)27-24-16-23-22(17-11-13-20-21(14-12-17)26(20)23)15-25-28(27)32(29(24)31(25)34-32)19-9-5-2-6-10-19/h1-14,17,20-29,31H,15-16H2. The van der Waals surface area contributed by atoms with Gasteiger partial charge in [0.15, 0.2) is 5.78 Å². The van der Waals surface area contributed by atoms with Crippen molar-refractivity contribution in [3.05, 3.63) is 96.1 Å². The molecule has 6 fully saturated rings. The number of benzene rings is 2. The summed E-state index contributed by atoms with van der Waals surface area (Å²) < 4.78 is 6.94. The van der Waals surface area contributed by atoms with Crippen molar-refractivity contribution in [2.45, 2.75) is 24.5 Å². The Morgan fingerprint density at radius 1 is 0.735 bits per heavy atom. The average molecular weight is 447 g/mol. The first-order valence-electron chi connectivity index (χ1n) is 13.5. The number of allylic oxidation sites excluding steroid dienone is 4. The summed E-state index contributed by atoms with van der Waals surface area (Å²) in [6, 6.07) is 21.1. The number of rotatable bonds is 3. The van der Waals surface area contributed by atoms with Crippen molar-refractivity contribution in [3.63, 3.8) is 0 Å². The maximum absolute atomic E-state index is 14.2. The van der Waals surface area contributed by atoms with Gasteiger partial charge in [-0.1, -0.05) is 85.0 Å². The fourth-order valence-corrected chi connectivity index (χ4v) is 10.4. The second kappa shape index (κ2) is 6.21. The van der Waals surface area contributed by atoms with Gasteiger partial charge in [0.05, 0.1) is 6.10 Å². The second-order valence-electron chi connectivity index (χ2n) is 12.3. The Bertz CT molecular complexity index is 1230. The van der Waals surface area contributed by atoms with Gasteiger partial charge in [-0.2, -0.15) is 0 Å². The normalized spacial score (nSPS) is 51.8. The molecule has 11 unspecified atom stereocenters. The molecular formula is C32H30O2. The summed E-state index contributed by atoms with van der Waals surface area (Å²) >= 11 is 0. The van der Waals surface area contributed by atoms with E-state index in [0.717, 1.165) is 35.2 Å². The molecule has 34 heavy (non-hydrogen) atoms. The number of carbonyl (C=O) groups excluding carboxylic acids is 1. The molecule has 0 amide bonds. The number of hydrogen-bond acceptors (Lipinski definition) is 2. The Morgan fingerprint density at radius 2 is 1.41 bits per heavy atom. The molecule has 1 saturated heterocycles. The number of Topliss-reactive ketones (excluding diaryl/α,β-unsaturated/α-hetero) is 1. The SMILES string of the molecule is O=C(c1ccccc1)C1C2CC3C(CC4C5OC(c6ccccc6)(C25)C41)C1C=CC2C(C=C1)C23. The van der Waals surface area contributed by atoms with Crippen molar-refractivity contribution in [2.75, 3.05) is 0 Å². The van der Waals surface area contributed by atoms with E-state index < -0.39 is 0 Å². The van der Waals surface area contributed by atoms with E-state index in [1.54, 1.807) is 0 Å². The van der Waals surface area contributed by atoms with Crippen molar-refractivity contribution >= 4 is 5.78 Å². The summed E-state index contributed by atoms with van der Waals surface area (Å²) in [5.74, 6) is 6.59. The molecular weight excluding hydrogens is 416 g/mol. The van der Waals surface area contributed by atoms with E-state index in [9.17, 15) is 4.79 Å². The Kier molecular flexibility index (Phi) is 3.44. The maximum Gasteiger partial charge on any atom is 0.166 e. The first-order chi connectivity index (χ1) is 16.8. The number of hydrogen-bond donors (Lipinski definition) is 0. The molecule has 9 aliphatic rings. The Balaban J connectivity index is 1.20. The lowest BCUT2D eigenvalue weighted by atomic mass is 9.58. The smallest absolute Gasteiger partial charge is 0.166 e. The highest BCUT2D eigenvalue weighted by Gasteiger charge is 2.82. The number of ketones is 1. The molecule has 11 atom stereocenters. The number of ether oxygens (including phenoxy) is 1. The van der Waals surface area contributed by atoms with Crippen LogP contribution in [0, 0.1) is 65.1 Å². The summed E-state index contributed by atoms with van der Waals surface area (Å²) in [7, 11) is 0. The summed E-state index contributed by atoms with van der Waals surface area (Å²) in [5.41, 5.74) is 1.98. The quantitative estimate of drug-likeness (QED) is 0.432. The average Bonchev–Trinajstić information content (AvgIpc) is 3.42. The van der Waals surface area contributed by atoms with E-state index >= 15 is 0 Å². The summed E-state index contributed by atoms with van der Waals surface area (Å²) in [6.45, 7) is 0. The molecule has 8 aliphatic carbocycles. The van der Waals surface area contributed by atoms with Gasteiger partial charge in [-0.05, 0) is 65.7 Å². The molecule has 2 heteroatoms. The zero-order chi connectivity index (χ0) is 22.2. The van der Waals surface area contributed by atoms with E-state index in [4.69, 9.17) is 4.74 Å². The summed E-state index contributed by atoms with van der Waals surface area (Å²) in [6.07, 6.45) is 13.0. The minimum atomic E-state index is -0.242. The number of carbonyl (C=O) groups is 1. The molecule has 0 N–H and O–H groups in total. The van der Waals surface area contributed by atoms with Gasteiger partial charge in [-0.15, -0.1) is 0 Å². The molecule has 1 heterocycles. The van der Waals surface area contributed by atoms with Crippen molar-refractivity contribution in [1.29, 1.82) is 0 Å². The Morgan fingerprint density at radius 3 is 2.15 bits per heavy atom. The summed E-state index contributed by atoms with van der Waals surface area (Å²) in [5, 5.41) is 0. The van der Waals surface area contributed by atoms with E-state index in [1.807, 2.05) is 30.3 Å². The predicted molar refractivity (Wildman–Crippen MR) is 130 cm³/mol. The topological polar surface area (TPSA) is 26.3 Å². The first-order valence-corrected chi connectivity index (χ1v) is 13.5. The van der Waals surface area contributed by atoms with E-state index in [1.165, 1.54) is 18.4 Å². The fourth-order valence-electron chi connectivity index (χ4n) is 10.4. The molecule has 10 bridgehead atoms. The second-order valence-corrected chi connectivity index (χ2v) is 12.3. The highest BCUT2D eigenvalue weighted by atomic mass is 16.6. The van der Waals surface area contributed by atoms with E-state index in [0.29, 0.717) is 41.5 Å². The minimum absolute atomic E-state index is 0.0938. The third kappa shape index (κ3) is 2.04. The Labute approximate surface area is 201 Å². The molecule has 2 aromatic rings. The monoisotopic (exact) mass is 446 g/mol. The van der Waals surface area contributed by atoms with Crippen molar-refractivity contribution in [3.8, 4) is 0 Å². The van der Waals surface area contributed by atoms with Crippen LogP contribution in [0.5, 0.6) is 0 Å². The highest BCUT2D eigenvalue weighted by molar-refractivity contribution is 5.99. The van der Waals surface area contributed by atoms with Crippen LogP contribution in [0.3, 0.4) is 0 Å². The molecule has 5 saturated carbocycles. The van der Waals surface area contributed by atoms with Gasteiger partial charge in [0.25, 0.3) is 0 Å². The first kappa shape index (κ1) is 18.8. The van der Waals surface area contributed by atoms with Crippen LogP contribution >= 0.6 is 0 Å². The van der Waals surface area contributed by atoms with Gasteiger partial charge < -0.3 is 4.74 Å². The zero-order valence-electron chi connectivity index (χ0n) is 19.2. The van der Waals surface area contributed by atoms with Gasteiger partial charge in [0, 0.05) is 23.3 Å². The van der Waals surface area contributed by atoms with Gasteiger partial charge in [0.2, 0.25) is 0 Å². The third-order valence-electron chi connectivity index (χ3n) is 11.4. The van der Waals surface area contributed by atoms with Gasteiger partial charge >= 0.3 is 0 Å². The lowest BCUT2D eigenvalue weighted by molar-refractivity contribution is -0.234. The van der Waals surface area contributed by atoms with Crippen molar-refractivity contribution in [2.24, 2.45) is 65.1 Å². The van der Waals surface area contributed by atoms with Crippen LogP contribution in [0.1, 0.15) is 28.8 Å². The van der Waals surface area contributed by atoms with Crippen LogP contribution in [0.2, 0.25) is 0 Å². The van der Waals surface area contributed by atoms with Gasteiger partial charge in [-0.3, -0.25) is 4.79 Å². The molecule has 2 nitrogen and oxygen atoms in total. The maximum atomic E-state index is 14.2. The zero-order valence-corrected chi connectivity index (χ0v) is 19.2. The predicted octanol–water partition coefficient (Wildman–Crippen LogP) is 5.92. The summed E-state index contributed by atoms with van der Waals surface area (Å²) in [4.78, 5) is 14.2. The van der Waals surface area contributed by atoms with Crippen molar-refractivity contribution in [1.82, 2.24) is 0 Å². The largest absolute Gasteiger partial charge is 0.366 e. The molecule has 170 valence electrons. The van der Waals surface area contributed by atoms with Crippen LogP contribution in [0.25, 0.3) is 0 Å². The molecule has 0 radical (unpaired) electrons. The van der Waals surface area contributed by atoms with Crippen LogP contribution in [0.15, 0.2) is 85.0 Å². The lowest BCUT2D eigenvalue weighted by Gasteiger charge is -2.52. The van der Waals surface area contributed by atoms with E-state index in [-0.39, 0.29) is 11.5 Å². The molecule has 0 aromatic heterocycles. The highest BCUT2D eigenvalue weighted by Crippen LogP contribution is 2.79. The lowest BCUT2D eigenvalue weighted by Crippen LogP contribution is -2.54. The van der Waals surface area contributed by atoms with E-state index in [2.05, 4.69) is 54.6 Å². The van der Waals surface area contributed by atoms with Gasteiger partial charge in [-0.25, -0.2) is 0 Å². The van der Waals surface area contributed by atoms with Crippen molar-refractivity contribution < 1.29 is 9.53 Å². The van der Waals surface area contributed by atoms with Crippen LogP contribution < -0.4 is 0 Å². The molecule has 1 aliphatic heterocycles.